The molecule has 2 aromatic heterocycles. The summed E-state index contributed by atoms with van der Waals surface area (Å²) in [5.41, 5.74) is 2.14. The second-order valence-electron chi connectivity index (χ2n) is 11.3. The van der Waals surface area contributed by atoms with E-state index in [0.29, 0.717) is 39.7 Å². The minimum Gasteiger partial charge on any atom is -0.454 e. The number of sulfonamides is 1. The Hall–Kier alpha value is -5.60. The quantitative estimate of drug-likeness (QED) is 0.162. The van der Waals surface area contributed by atoms with E-state index in [1.807, 2.05) is 22.9 Å². The van der Waals surface area contributed by atoms with Crippen molar-refractivity contribution < 1.29 is 35.9 Å². The maximum absolute atomic E-state index is 14.2. The van der Waals surface area contributed by atoms with Crippen molar-refractivity contribution in [2.24, 2.45) is 7.05 Å². The third-order valence-electron chi connectivity index (χ3n) is 8.05. The lowest BCUT2D eigenvalue weighted by Crippen LogP contribution is -2.31. The number of aromatic nitrogens is 2. The van der Waals surface area contributed by atoms with Crippen molar-refractivity contribution in [2.75, 3.05) is 16.4 Å². The van der Waals surface area contributed by atoms with Gasteiger partial charge in [-0.3, -0.25) is 13.8 Å². The summed E-state index contributed by atoms with van der Waals surface area (Å²) in [6.45, 7) is -0.164. The van der Waals surface area contributed by atoms with Crippen LogP contribution in [0.25, 0.3) is 22.4 Å². The molecule has 1 aliphatic heterocycles. The first kappa shape index (κ1) is 32.9. The molecule has 0 fully saturated rings. The van der Waals surface area contributed by atoms with Crippen molar-refractivity contribution in [3.63, 3.8) is 0 Å². The van der Waals surface area contributed by atoms with E-state index in [2.05, 4.69) is 5.32 Å². The van der Waals surface area contributed by atoms with E-state index in [1.54, 1.807) is 49.5 Å². The van der Waals surface area contributed by atoms with Crippen LogP contribution in [0.2, 0.25) is 0 Å². The Morgan fingerprint density at radius 2 is 1.70 bits per heavy atom. The van der Waals surface area contributed by atoms with Crippen LogP contribution in [0.3, 0.4) is 0 Å². The zero-order chi connectivity index (χ0) is 35.0. The van der Waals surface area contributed by atoms with Crippen molar-refractivity contribution in [1.82, 2.24) is 9.78 Å². The molecule has 50 heavy (non-hydrogen) atoms. The summed E-state index contributed by atoms with van der Waals surface area (Å²) < 4.78 is 83.0. The molecule has 0 saturated carbocycles. The summed E-state index contributed by atoms with van der Waals surface area (Å²) >= 11 is 1.49. The predicted molar refractivity (Wildman–Crippen MR) is 184 cm³/mol. The molecule has 254 valence electrons. The summed E-state index contributed by atoms with van der Waals surface area (Å²) in [6, 6.07) is 25.3. The first-order chi connectivity index (χ1) is 24.0. The fraction of sp³-hybridized carbons (Fsp3) is 0.111. The van der Waals surface area contributed by atoms with Crippen molar-refractivity contribution in [2.45, 2.75) is 17.6 Å². The Labute approximate surface area is 289 Å². The van der Waals surface area contributed by atoms with Crippen molar-refractivity contribution in [3.05, 3.63) is 131 Å². The second-order valence-corrected chi connectivity index (χ2v) is 13.9. The van der Waals surface area contributed by atoms with Crippen LogP contribution in [-0.2, 0) is 29.8 Å². The zero-order valence-corrected chi connectivity index (χ0v) is 27.9. The van der Waals surface area contributed by atoms with Crippen molar-refractivity contribution in [1.29, 1.82) is 0 Å². The minimum atomic E-state index is -4.69. The van der Waals surface area contributed by atoms with E-state index in [1.165, 1.54) is 46.4 Å². The smallest absolute Gasteiger partial charge is 0.416 e. The number of rotatable bonds is 9. The average molecular weight is 717 g/mol. The fourth-order valence-electron chi connectivity index (χ4n) is 5.60. The number of aryl methyl sites for hydroxylation is 1. The van der Waals surface area contributed by atoms with Gasteiger partial charge in [0.2, 0.25) is 6.79 Å². The van der Waals surface area contributed by atoms with E-state index in [9.17, 15) is 26.4 Å². The molecule has 6 aromatic rings. The molecule has 0 saturated heterocycles. The van der Waals surface area contributed by atoms with Crippen LogP contribution < -0.4 is 19.1 Å². The predicted octanol–water partition coefficient (Wildman–Crippen LogP) is 8.21. The van der Waals surface area contributed by atoms with E-state index >= 15 is 0 Å². The zero-order valence-electron chi connectivity index (χ0n) is 26.2. The highest BCUT2D eigenvalue weighted by Gasteiger charge is 2.33. The molecule has 0 radical (unpaired) electrons. The number of hydrogen-bond acceptors (Lipinski definition) is 7. The number of nitrogens with zero attached hydrogens (tertiary/aromatic N) is 3. The topological polar surface area (TPSA) is 103 Å². The maximum Gasteiger partial charge on any atom is 0.416 e. The summed E-state index contributed by atoms with van der Waals surface area (Å²) in [7, 11) is -2.81. The number of carbonyl (C=O) groups is 1. The van der Waals surface area contributed by atoms with Gasteiger partial charge in [0.1, 0.15) is 11.5 Å². The molecule has 9 nitrogen and oxygen atoms in total. The fourth-order valence-corrected chi connectivity index (χ4v) is 7.73. The average Bonchev–Trinajstić information content (AvgIpc) is 3.88. The number of benzene rings is 4. The molecular formula is C36H27F3N4O5S2. The molecule has 0 aliphatic carbocycles. The van der Waals surface area contributed by atoms with Gasteiger partial charge in [-0.2, -0.15) is 29.6 Å². The molecule has 0 spiro atoms. The SMILES string of the molecule is Cn1nc(-c2ccsc2)c(-c2ccc3c(c2)OCO3)c1NC(=O)c1cccc(S(=O)(=O)N(Cc2ccccc2)c2cccc(C(F)(F)F)c2)c1. The number of ether oxygens (including phenoxy) is 2. The van der Waals surface area contributed by atoms with Crippen LogP contribution >= 0.6 is 11.3 Å². The summed E-state index contributed by atoms with van der Waals surface area (Å²) in [6.07, 6.45) is -4.69. The van der Waals surface area contributed by atoms with Gasteiger partial charge in [0, 0.05) is 23.6 Å². The molecule has 7 rings (SSSR count). The molecule has 4 aromatic carbocycles. The molecule has 0 bridgehead atoms. The second kappa shape index (κ2) is 13.0. The number of amides is 1. The third-order valence-corrected chi connectivity index (χ3v) is 10.5. The number of hydrogen-bond donors (Lipinski definition) is 1. The van der Waals surface area contributed by atoms with Gasteiger partial charge in [-0.1, -0.05) is 48.5 Å². The standard InChI is InChI=1S/C36H27F3N4O5S2/c1-42-34(32(33(41-42)26-15-16-49-21-26)24-13-14-30-31(18-24)48-22-47-30)40-35(44)25-9-5-12-29(17-25)50(45,46)43(20-23-7-3-2-4-8-23)28-11-6-10-27(19-28)36(37,38)39/h2-19,21H,20,22H2,1H3,(H,40,44). The van der Waals surface area contributed by atoms with Crippen LogP contribution in [0.15, 0.2) is 119 Å². The number of halogens is 3. The monoisotopic (exact) mass is 716 g/mol. The first-order valence-corrected chi connectivity index (χ1v) is 17.5. The normalized spacial score (nSPS) is 12.6. The number of fused-ring (bicyclic) bond motifs is 1. The Balaban J connectivity index is 1.26. The van der Waals surface area contributed by atoms with E-state index in [4.69, 9.17) is 14.6 Å². The first-order valence-electron chi connectivity index (χ1n) is 15.1. The number of alkyl halides is 3. The molecule has 3 heterocycles. The highest BCUT2D eigenvalue weighted by molar-refractivity contribution is 7.92. The van der Waals surface area contributed by atoms with Crippen LogP contribution in [0, 0.1) is 0 Å². The van der Waals surface area contributed by atoms with Gasteiger partial charge in [-0.15, -0.1) is 0 Å². The van der Waals surface area contributed by atoms with E-state index in [-0.39, 0.29) is 29.5 Å². The molecule has 0 atom stereocenters. The molecular weight excluding hydrogens is 690 g/mol. The van der Waals surface area contributed by atoms with Gasteiger partial charge in [0.25, 0.3) is 15.9 Å². The van der Waals surface area contributed by atoms with Gasteiger partial charge < -0.3 is 14.8 Å². The highest BCUT2D eigenvalue weighted by atomic mass is 32.2. The summed E-state index contributed by atoms with van der Waals surface area (Å²) in [4.78, 5) is 13.6. The van der Waals surface area contributed by atoms with Gasteiger partial charge in [-0.25, -0.2) is 8.42 Å². The van der Waals surface area contributed by atoms with Crippen LogP contribution in [0.4, 0.5) is 24.7 Å². The molecule has 0 unspecified atom stereocenters. The lowest BCUT2D eigenvalue weighted by molar-refractivity contribution is -0.137. The van der Waals surface area contributed by atoms with Crippen LogP contribution in [0.1, 0.15) is 21.5 Å². The summed E-state index contributed by atoms with van der Waals surface area (Å²) in [5.74, 6) is 0.846. The third kappa shape index (κ3) is 6.42. The number of anilines is 2. The van der Waals surface area contributed by atoms with Gasteiger partial charge >= 0.3 is 6.18 Å². The largest absolute Gasteiger partial charge is 0.454 e. The number of thiophene rings is 1. The Morgan fingerprint density at radius 1 is 0.920 bits per heavy atom. The molecule has 1 aliphatic rings. The molecule has 14 heteroatoms. The van der Waals surface area contributed by atoms with Crippen molar-refractivity contribution in [3.8, 4) is 33.9 Å². The Morgan fingerprint density at radius 3 is 2.46 bits per heavy atom. The maximum atomic E-state index is 14.2. The van der Waals surface area contributed by atoms with Crippen LogP contribution in [0.5, 0.6) is 11.5 Å². The van der Waals surface area contributed by atoms with E-state index < -0.39 is 27.7 Å². The Bertz CT molecular complexity index is 2310. The number of nitrogens with one attached hydrogen (secondary N) is 1. The Kier molecular flexibility index (Phi) is 8.58. The highest BCUT2D eigenvalue weighted by Crippen LogP contribution is 2.43. The van der Waals surface area contributed by atoms with Crippen LogP contribution in [-0.4, -0.2) is 30.9 Å². The van der Waals surface area contributed by atoms with Gasteiger partial charge in [-0.05, 0) is 71.1 Å². The lowest BCUT2D eigenvalue weighted by atomic mass is 10.0. The van der Waals surface area contributed by atoms with Crippen molar-refractivity contribution >= 4 is 38.8 Å². The van der Waals surface area contributed by atoms with Gasteiger partial charge in [0.05, 0.1) is 28.3 Å². The number of carbonyl (C=O) groups excluding carboxylic acids is 1. The minimum absolute atomic E-state index is 0.00435. The molecule has 1 amide bonds. The van der Waals surface area contributed by atoms with Gasteiger partial charge in [0.15, 0.2) is 11.5 Å². The summed E-state index contributed by atoms with van der Waals surface area (Å²) in [5, 5.41) is 11.5. The molecule has 1 N–H and O–H groups in total. The lowest BCUT2D eigenvalue weighted by Gasteiger charge is -2.25. The van der Waals surface area contributed by atoms with E-state index in [0.717, 1.165) is 28.1 Å².